The zero-order valence-corrected chi connectivity index (χ0v) is 16.6. The minimum Gasteiger partial charge on any atom is -0.384 e. The predicted molar refractivity (Wildman–Crippen MR) is 113 cm³/mol. The van der Waals surface area contributed by atoms with Gasteiger partial charge in [-0.3, -0.25) is 14.2 Å². The molecule has 2 heterocycles. The molecule has 0 aliphatic carbocycles. The van der Waals surface area contributed by atoms with Crippen LogP contribution in [0.3, 0.4) is 0 Å². The largest absolute Gasteiger partial charge is 0.384 e. The van der Waals surface area contributed by atoms with E-state index in [1.165, 1.54) is 42.5 Å². The van der Waals surface area contributed by atoms with Gasteiger partial charge in [0.2, 0.25) is 5.91 Å². The van der Waals surface area contributed by atoms with Crippen molar-refractivity contribution in [2.45, 2.75) is 5.92 Å². The molecule has 2 aromatic carbocycles. The highest BCUT2D eigenvalue weighted by Gasteiger charge is 2.35. The highest BCUT2D eigenvalue weighted by Crippen LogP contribution is 2.36. The van der Waals surface area contributed by atoms with Crippen molar-refractivity contribution in [2.24, 2.45) is 11.5 Å². The van der Waals surface area contributed by atoms with Crippen molar-refractivity contribution in [2.75, 3.05) is 0 Å². The van der Waals surface area contributed by atoms with Gasteiger partial charge in [0.05, 0.1) is 27.7 Å². The summed E-state index contributed by atoms with van der Waals surface area (Å²) in [5.41, 5.74) is 11.0. The minimum atomic E-state index is -1.18. The smallest absolute Gasteiger partial charge is 0.274 e. The monoisotopic (exact) mass is 436 g/mol. The van der Waals surface area contributed by atoms with E-state index in [4.69, 9.17) is 11.5 Å². The zero-order valence-electron chi connectivity index (χ0n) is 15.8. The van der Waals surface area contributed by atoms with Crippen LogP contribution in [0.25, 0.3) is 17.5 Å². The third kappa shape index (κ3) is 3.23. The maximum absolute atomic E-state index is 14.6. The molecular formula is C22H14F2N4O2S. The molecule has 1 aromatic heterocycles. The SMILES string of the molecule is N#CC1=C(N)n2c(s/c(=C/c3ccccc3F)c2=O)=C(C(N)=O)[C@@H]1c1ccccc1F. The van der Waals surface area contributed by atoms with E-state index in [2.05, 4.69) is 0 Å². The summed E-state index contributed by atoms with van der Waals surface area (Å²) in [4.78, 5) is 25.5. The molecule has 6 nitrogen and oxygen atoms in total. The van der Waals surface area contributed by atoms with Crippen LogP contribution < -0.4 is 26.2 Å². The van der Waals surface area contributed by atoms with E-state index >= 15 is 0 Å². The van der Waals surface area contributed by atoms with Crippen LogP contribution in [0, 0.1) is 23.0 Å². The number of halogens is 2. The van der Waals surface area contributed by atoms with Gasteiger partial charge in [0.25, 0.3) is 5.56 Å². The van der Waals surface area contributed by atoms with E-state index in [1.807, 2.05) is 6.07 Å². The number of aromatic nitrogens is 1. The van der Waals surface area contributed by atoms with Crippen LogP contribution in [0.15, 0.2) is 58.9 Å². The first-order valence-corrected chi connectivity index (χ1v) is 9.83. The number of benzene rings is 2. The number of hydrogen-bond donors (Lipinski definition) is 2. The normalized spacial score (nSPS) is 16.2. The third-order valence-corrected chi connectivity index (χ3v) is 6.05. The first-order chi connectivity index (χ1) is 14.8. The average Bonchev–Trinajstić information content (AvgIpc) is 3.05. The predicted octanol–water partition coefficient (Wildman–Crippen LogP) is 1.10. The number of fused-ring (bicyclic) bond motifs is 1. The van der Waals surface area contributed by atoms with Gasteiger partial charge in [-0.25, -0.2) is 8.78 Å². The molecule has 1 aliphatic rings. The van der Waals surface area contributed by atoms with E-state index in [9.17, 15) is 23.6 Å². The Bertz CT molecular complexity index is 1490. The van der Waals surface area contributed by atoms with Gasteiger partial charge >= 0.3 is 0 Å². The Morgan fingerprint density at radius 2 is 1.77 bits per heavy atom. The van der Waals surface area contributed by atoms with Gasteiger partial charge in [-0.2, -0.15) is 5.26 Å². The summed E-state index contributed by atoms with van der Waals surface area (Å²) in [6, 6.07) is 13.4. The van der Waals surface area contributed by atoms with Crippen LogP contribution in [0.5, 0.6) is 0 Å². The molecule has 3 aromatic rings. The van der Waals surface area contributed by atoms with Crippen LogP contribution in [-0.2, 0) is 4.79 Å². The first kappa shape index (κ1) is 20.3. The summed E-state index contributed by atoms with van der Waals surface area (Å²) in [6.07, 6.45) is 1.32. The van der Waals surface area contributed by atoms with Gasteiger partial charge in [-0.15, -0.1) is 11.3 Å². The molecule has 4 N–H and O–H groups in total. The number of hydrogen-bond acceptors (Lipinski definition) is 5. The summed E-state index contributed by atoms with van der Waals surface area (Å²) in [6.45, 7) is 0. The molecule has 31 heavy (non-hydrogen) atoms. The van der Waals surface area contributed by atoms with Crippen LogP contribution in [0.2, 0.25) is 0 Å². The lowest BCUT2D eigenvalue weighted by Crippen LogP contribution is -2.41. The minimum absolute atomic E-state index is 0.0301. The fourth-order valence-corrected chi connectivity index (χ4v) is 4.71. The molecule has 0 saturated heterocycles. The Balaban J connectivity index is 2.13. The van der Waals surface area contributed by atoms with E-state index in [1.54, 1.807) is 12.1 Å². The van der Waals surface area contributed by atoms with Crippen molar-refractivity contribution in [1.29, 1.82) is 5.26 Å². The fraction of sp³-hybridized carbons (Fsp3) is 0.0455. The summed E-state index contributed by atoms with van der Waals surface area (Å²) in [5, 5.41) is 9.73. The van der Waals surface area contributed by atoms with E-state index < -0.39 is 29.0 Å². The van der Waals surface area contributed by atoms with Crippen LogP contribution >= 0.6 is 11.3 Å². The first-order valence-electron chi connectivity index (χ1n) is 9.01. The number of allylic oxidation sites excluding steroid dienone is 1. The van der Waals surface area contributed by atoms with Crippen molar-refractivity contribution in [3.8, 4) is 6.07 Å². The zero-order chi connectivity index (χ0) is 22.3. The highest BCUT2D eigenvalue weighted by molar-refractivity contribution is 7.07. The molecular weight excluding hydrogens is 422 g/mol. The topological polar surface area (TPSA) is 115 Å². The molecule has 0 saturated carbocycles. The molecule has 1 amide bonds. The second kappa shape index (κ2) is 7.66. The van der Waals surface area contributed by atoms with Crippen molar-refractivity contribution in [3.63, 3.8) is 0 Å². The van der Waals surface area contributed by atoms with Gasteiger partial charge in [0.1, 0.15) is 22.1 Å². The number of carbonyl (C=O) groups excluding carboxylic acids is 1. The van der Waals surface area contributed by atoms with Crippen LogP contribution in [-0.4, -0.2) is 10.5 Å². The standard InChI is InChI=1S/C22H14F2N4O2S/c23-14-7-3-1-5-11(14)9-16-21(30)28-19(26)13(10-25)17(12-6-2-4-8-15(12)24)18(20(27)29)22(28)31-16/h1-9,17H,26H2,(H2,27,29)/b16-9+/t17-/m1/s1. The van der Waals surface area contributed by atoms with Gasteiger partial charge in [-0.05, 0) is 18.2 Å². The lowest BCUT2D eigenvalue weighted by Gasteiger charge is -2.24. The number of carbonyl (C=O) groups is 1. The number of nitriles is 1. The summed E-state index contributed by atoms with van der Waals surface area (Å²) in [5.74, 6) is -3.53. The molecule has 0 bridgehead atoms. The van der Waals surface area contributed by atoms with Crippen molar-refractivity contribution in [1.82, 2.24) is 4.57 Å². The third-order valence-electron chi connectivity index (χ3n) is 4.94. The molecule has 1 aliphatic heterocycles. The Hall–Kier alpha value is -4.03. The summed E-state index contributed by atoms with van der Waals surface area (Å²) >= 11 is 0.867. The molecule has 4 rings (SSSR count). The van der Waals surface area contributed by atoms with Gasteiger partial charge < -0.3 is 11.5 Å². The number of nitrogens with two attached hydrogens (primary N) is 2. The van der Waals surface area contributed by atoms with Gasteiger partial charge in [0.15, 0.2) is 0 Å². The quantitative estimate of drug-likeness (QED) is 0.640. The Morgan fingerprint density at radius 1 is 1.13 bits per heavy atom. The molecule has 0 radical (unpaired) electrons. The molecule has 9 heteroatoms. The van der Waals surface area contributed by atoms with E-state index in [0.717, 1.165) is 15.9 Å². The van der Waals surface area contributed by atoms with Crippen molar-refractivity contribution >= 4 is 34.7 Å². The lowest BCUT2D eigenvalue weighted by molar-refractivity contribution is -0.113. The molecule has 154 valence electrons. The number of nitrogens with zero attached hydrogens (tertiary/aromatic N) is 2. The number of amides is 1. The summed E-state index contributed by atoms with van der Waals surface area (Å²) in [7, 11) is 0. The lowest BCUT2D eigenvalue weighted by atomic mass is 9.83. The number of rotatable bonds is 3. The molecule has 0 unspecified atom stereocenters. The highest BCUT2D eigenvalue weighted by atomic mass is 32.1. The van der Waals surface area contributed by atoms with E-state index in [0.29, 0.717) is 0 Å². The maximum atomic E-state index is 14.6. The Labute approximate surface area is 178 Å². The molecule has 0 fully saturated rings. The maximum Gasteiger partial charge on any atom is 0.274 e. The van der Waals surface area contributed by atoms with Gasteiger partial charge in [-0.1, -0.05) is 36.4 Å². The second-order valence-electron chi connectivity index (χ2n) is 6.72. The fourth-order valence-electron chi connectivity index (χ4n) is 3.54. The second-order valence-corrected chi connectivity index (χ2v) is 7.75. The van der Waals surface area contributed by atoms with Crippen LogP contribution in [0.1, 0.15) is 17.0 Å². The van der Waals surface area contributed by atoms with E-state index in [-0.39, 0.29) is 37.3 Å². The number of thiazole rings is 1. The Morgan fingerprint density at radius 3 is 2.39 bits per heavy atom. The molecule has 0 spiro atoms. The van der Waals surface area contributed by atoms with Gasteiger partial charge in [0, 0.05) is 11.1 Å². The Kier molecular flexibility index (Phi) is 5.01. The summed E-state index contributed by atoms with van der Waals surface area (Å²) < 4.78 is 29.8. The van der Waals surface area contributed by atoms with Crippen molar-refractivity contribution < 1.29 is 13.6 Å². The number of primary amides is 1. The van der Waals surface area contributed by atoms with Crippen molar-refractivity contribution in [3.05, 3.63) is 96.4 Å². The average molecular weight is 436 g/mol. The molecule has 1 atom stereocenters. The van der Waals surface area contributed by atoms with Crippen LogP contribution in [0.4, 0.5) is 8.78 Å².